The van der Waals surface area contributed by atoms with Crippen molar-refractivity contribution in [2.24, 2.45) is 0 Å². The predicted octanol–water partition coefficient (Wildman–Crippen LogP) is 3.51. The SMILES string of the molecule is c1ccc(COC2CCN(Cc3cccc(Cn4cccn4)c3)CC2)nc1. The first-order valence-corrected chi connectivity index (χ1v) is 9.64. The minimum absolute atomic E-state index is 0.342. The predicted molar refractivity (Wildman–Crippen MR) is 105 cm³/mol. The van der Waals surface area contributed by atoms with E-state index < -0.39 is 0 Å². The zero-order valence-corrected chi connectivity index (χ0v) is 15.6. The highest BCUT2D eigenvalue weighted by atomic mass is 16.5. The zero-order chi connectivity index (χ0) is 18.3. The van der Waals surface area contributed by atoms with Crippen molar-refractivity contribution in [2.75, 3.05) is 13.1 Å². The third kappa shape index (κ3) is 5.25. The molecular formula is C22H26N4O. The van der Waals surface area contributed by atoms with Crippen molar-refractivity contribution in [1.29, 1.82) is 0 Å². The van der Waals surface area contributed by atoms with Crippen LogP contribution < -0.4 is 0 Å². The van der Waals surface area contributed by atoms with Gasteiger partial charge < -0.3 is 4.74 Å². The average Bonchev–Trinajstić information content (AvgIpc) is 3.22. The van der Waals surface area contributed by atoms with Gasteiger partial charge >= 0.3 is 0 Å². The van der Waals surface area contributed by atoms with E-state index in [1.165, 1.54) is 11.1 Å². The molecule has 2 aromatic heterocycles. The zero-order valence-electron chi connectivity index (χ0n) is 15.6. The van der Waals surface area contributed by atoms with E-state index in [4.69, 9.17) is 4.74 Å². The highest BCUT2D eigenvalue weighted by Crippen LogP contribution is 2.18. The van der Waals surface area contributed by atoms with Crippen molar-refractivity contribution in [3.05, 3.63) is 83.9 Å². The molecule has 0 N–H and O–H groups in total. The molecule has 1 aromatic carbocycles. The molecule has 5 nitrogen and oxygen atoms in total. The van der Waals surface area contributed by atoms with E-state index in [1.54, 1.807) is 0 Å². The van der Waals surface area contributed by atoms with Crippen LogP contribution in [-0.4, -0.2) is 38.9 Å². The molecule has 0 amide bonds. The number of benzene rings is 1. The maximum atomic E-state index is 6.05. The lowest BCUT2D eigenvalue weighted by Crippen LogP contribution is -2.36. The third-order valence-electron chi connectivity index (χ3n) is 5.03. The fourth-order valence-electron chi connectivity index (χ4n) is 3.59. The van der Waals surface area contributed by atoms with Crippen molar-refractivity contribution < 1.29 is 4.74 Å². The van der Waals surface area contributed by atoms with Crippen molar-refractivity contribution in [1.82, 2.24) is 19.7 Å². The van der Waals surface area contributed by atoms with Crippen LogP contribution in [0.3, 0.4) is 0 Å². The normalized spacial score (nSPS) is 15.9. The van der Waals surface area contributed by atoms with Gasteiger partial charge in [-0.1, -0.05) is 30.3 Å². The molecule has 0 aliphatic carbocycles. The van der Waals surface area contributed by atoms with Gasteiger partial charge in [0, 0.05) is 38.2 Å². The van der Waals surface area contributed by atoms with Crippen molar-refractivity contribution in [3.8, 4) is 0 Å². The van der Waals surface area contributed by atoms with Gasteiger partial charge in [0.1, 0.15) is 0 Å². The van der Waals surface area contributed by atoms with Gasteiger partial charge in [0.2, 0.25) is 0 Å². The van der Waals surface area contributed by atoms with E-state index in [1.807, 2.05) is 47.5 Å². The highest BCUT2D eigenvalue weighted by molar-refractivity contribution is 5.23. The van der Waals surface area contributed by atoms with Crippen LogP contribution in [0, 0.1) is 0 Å². The number of likely N-dealkylation sites (tertiary alicyclic amines) is 1. The topological polar surface area (TPSA) is 43.2 Å². The summed E-state index contributed by atoms with van der Waals surface area (Å²) in [5, 5.41) is 4.29. The summed E-state index contributed by atoms with van der Waals surface area (Å²) in [6.07, 6.45) is 8.16. The second-order valence-corrected chi connectivity index (χ2v) is 7.13. The lowest BCUT2D eigenvalue weighted by Gasteiger charge is -2.32. The number of pyridine rings is 1. The first kappa shape index (κ1) is 17.9. The Hall–Kier alpha value is -2.50. The molecule has 5 heteroatoms. The molecule has 0 atom stereocenters. The molecule has 0 saturated carbocycles. The van der Waals surface area contributed by atoms with Crippen LogP contribution in [0.15, 0.2) is 67.1 Å². The molecule has 3 heterocycles. The molecule has 1 aliphatic rings. The Bertz CT molecular complexity index is 811. The second-order valence-electron chi connectivity index (χ2n) is 7.13. The smallest absolute Gasteiger partial charge is 0.0891 e. The van der Waals surface area contributed by atoms with Gasteiger partial charge in [-0.05, 0) is 42.2 Å². The van der Waals surface area contributed by atoms with Gasteiger partial charge in [-0.25, -0.2) is 0 Å². The fraction of sp³-hybridized carbons (Fsp3) is 0.364. The summed E-state index contributed by atoms with van der Waals surface area (Å²) < 4.78 is 8.01. The highest BCUT2D eigenvalue weighted by Gasteiger charge is 2.20. The van der Waals surface area contributed by atoms with Crippen LogP contribution in [0.2, 0.25) is 0 Å². The van der Waals surface area contributed by atoms with Crippen molar-refractivity contribution in [2.45, 2.75) is 38.6 Å². The van der Waals surface area contributed by atoms with Crippen LogP contribution >= 0.6 is 0 Å². The van der Waals surface area contributed by atoms with Gasteiger partial charge in [-0.2, -0.15) is 5.10 Å². The standard InChI is InChI=1S/C22H26N4O/c1-2-10-23-21(7-1)18-27-22-8-13-25(14-9-22)16-19-5-3-6-20(15-19)17-26-12-4-11-24-26/h1-7,10-12,15,22H,8-9,13-14,16-18H2. The summed E-state index contributed by atoms with van der Waals surface area (Å²) in [4.78, 5) is 6.85. The molecule has 4 rings (SSSR count). The minimum atomic E-state index is 0.342. The molecule has 1 aliphatic heterocycles. The van der Waals surface area contributed by atoms with Gasteiger partial charge in [0.25, 0.3) is 0 Å². The van der Waals surface area contributed by atoms with Gasteiger partial charge in [0.05, 0.1) is 24.9 Å². The monoisotopic (exact) mass is 362 g/mol. The maximum absolute atomic E-state index is 6.05. The molecule has 1 saturated heterocycles. The summed E-state index contributed by atoms with van der Waals surface area (Å²) in [5.74, 6) is 0. The average molecular weight is 362 g/mol. The Kier molecular flexibility index (Phi) is 5.92. The van der Waals surface area contributed by atoms with E-state index in [9.17, 15) is 0 Å². The molecular weight excluding hydrogens is 336 g/mol. The van der Waals surface area contributed by atoms with E-state index in [-0.39, 0.29) is 0 Å². The van der Waals surface area contributed by atoms with Gasteiger partial charge in [0.15, 0.2) is 0 Å². The summed E-state index contributed by atoms with van der Waals surface area (Å²) in [5.41, 5.74) is 3.67. The third-order valence-corrected chi connectivity index (χ3v) is 5.03. The Morgan fingerprint density at radius 1 is 0.926 bits per heavy atom. The number of hydrogen-bond donors (Lipinski definition) is 0. The van der Waals surface area contributed by atoms with Crippen LogP contribution in [-0.2, 0) is 24.4 Å². The van der Waals surface area contributed by atoms with Crippen LogP contribution in [0.1, 0.15) is 29.7 Å². The summed E-state index contributed by atoms with van der Waals surface area (Å²) >= 11 is 0. The quantitative estimate of drug-likeness (QED) is 0.645. The number of piperidine rings is 1. The van der Waals surface area contributed by atoms with Crippen LogP contribution in [0.25, 0.3) is 0 Å². The largest absolute Gasteiger partial charge is 0.372 e. The number of aromatic nitrogens is 3. The van der Waals surface area contributed by atoms with Crippen LogP contribution in [0.4, 0.5) is 0 Å². The van der Waals surface area contributed by atoms with Crippen molar-refractivity contribution >= 4 is 0 Å². The fourth-order valence-corrected chi connectivity index (χ4v) is 3.59. The molecule has 0 bridgehead atoms. The van der Waals surface area contributed by atoms with Crippen molar-refractivity contribution in [3.63, 3.8) is 0 Å². The molecule has 0 radical (unpaired) electrons. The van der Waals surface area contributed by atoms with Crippen LogP contribution in [0.5, 0.6) is 0 Å². The summed E-state index contributed by atoms with van der Waals surface area (Å²) in [7, 11) is 0. The Labute approximate surface area is 160 Å². The molecule has 0 spiro atoms. The maximum Gasteiger partial charge on any atom is 0.0891 e. The lowest BCUT2D eigenvalue weighted by molar-refractivity contribution is -0.00523. The molecule has 140 valence electrons. The molecule has 27 heavy (non-hydrogen) atoms. The first-order valence-electron chi connectivity index (χ1n) is 9.64. The van der Waals surface area contributed by atoms with Gasteiger partial charge in [-0.15, -0.1) is 0 Å². The number of nitrogens with zero attached hydrogens (tertiary/aromatic N) is 4. The Balaban J connectivity index is 1.24. The second kappa shape index (κ2) is 8.93. The molecule has 1 fully saturated rings. The number of hydrogen-bond acceptors (Lipinski definition) is 4. The summed E-state index contributed by atoms with van der Waals surface area (Å²) in [6.45, 7) is 4.59. The van der Waals surface area contributed by atoms with Gasteiger partial charge in [-0.3, -0.25) is 14.6 Å². The van der Waals surface area contributed by atoms with E-state index in [2.05, 4.69) is 39.2 Å². The number of ether oxygens (including phenoxy) is 1. The lowest BCUT2D eigenvalue weighted by atomic mass is 10.1. The molecule has 0 unspecified atom stereocenters. The Morgan fingerprint density at radius 3 is 2.52 bits per heavy atom. The Morgan fingerprint density at radius 2 is 1.78 bits per heavy atom. The first-order chi connectivity index (χ1) is 13.3. The minimum Gasteiger partial charge on any atom is -0.372 e. The van der Waals surface area contributed by atoms with E-state index in [0.29, 0.717) is 12.7 Å². The summed E-state index contributed by atoms with van der Waals surface area (Å²) in [6, 6.07) is 16.8. The van der Waals surface area contributed by atoms with E-state index in [0.717, 1.165) is 44.7 Å². The van der Waals surface area contributed by atoms with E-state index >= 15 is 0 Å². The molecule has 3 aromatic rings. The number of rotatable bonds is 7.